The van der Waals surface area contributed by atoms with Crippen LogP contribution in [-0.4, -0.2) is 4.57 Å². The first-order valence-corrected chi connectivity index (χ1v) is 8.97. The number of para-hydroxylation sites is 1. The summed E-state index contributed by atoms with van der Waals surface area (Å²) >= 11 is 1.53. The molecular formula is C22H17NOS. The van der Waals surface area contributed by atoms with Gasteiger partial charge in [-0.1, -0.05) is 78.5 Å². The molecule has 0 amide bonds. The van der Waals surface area contributed by atoms with Gasteiger partial charge in [0.25, 0.3) is 5.56 Å². The van der Waals surface area contributed by atoms with Crippen molar-refractivity contribution >= 4 is 22.7 Å². The Bertz CT molecular complexity index is 1090. The average molecular weight is 343 g/mol. The Labute approximate surface area is 150 Å². The van der Waals surface area contributed by atoms with Crippen molar-refractivity contribution < 1.29 is 0 Å². The Hall–Kier alpha value is -2.78. The lowest BCUT2D eigenvalue weighted by Gasteiger charge is -2.15. The lowest BCUT2D eigenvalue weighted by Crippen LogP contribution is -2.20. The van der Waals surface area contributed by atoms with Crippen LogP contribution in [0.25, 0.3) is 22.0 Å². The molecule has 2 nitrogen and oxygen atoms in total. The van der Waals surface area contributed by atoms with Crippen LogP contribution < -0.4 is 5.56 Å². The van der Waals surface area contributed by atoms with Crippen LogP contribution in [0.15, 0.2) is 99.5 Å². The zero-order valence-electron chi connectivity index (χ0n) is 13.8. The van der Waals surface area contributed by atoms with Gasteiger partial charge in [0.05, 0.1) is 10.4 Å². The smallest absolute Gasteiger partial charge is 0.265 e. The van der Waals surface area contributed by atoms with Crippen molar-refractivity contribution in [3.63, 3.8) is 0 Å². The van der Waals surface area contributed by atoms with Crippen LogP contribution in [0.2, 0.25) is 0 Å². The summed E-state index contributed by atoms with van der Waals surface area (Å²) in [5.74, 6) is 0. The topological polar surface area (TPSA) is 22.0 Å². The van der Waals surface area contributed by atoms with Gasteiger partial charge in [0, 0.05) is 22.9 Å². The summed E-state index contributed by atoms with van der Waals surface area (Å²) in [6.45, 7) is 0. The van der Waals surface area contributed by atoms with Gasteiger partial charge in [-0.25, -0.2) is 0 Å². The molecule has 122 valence electrons. The standard InChI is InChI=1S/C22H17NOS/c1-23-19-15-9-8-14-18(19)20(16-10-4-2-5-11-16)21(22(23)24)25-17-12-6-3-7-13-17/h2-15H,1H3. The van der Waals surface area contributed by atoms with E-state index in [2.05, 4.69) is 18.2 Å². The van der Waals surface area contributed by atoms with E-state index in [1.165, 1.54) is 11.8 Å². The molecule has 1 heterocycles. The normalized spacial score (nSPS) is 10.9. The second-order valence-electron chi connectivity index (χ2n) is 5.87. The maximum Gasteiger partial charge on any atom is 0.265 e. The second kappa shape index (κ2) is 6.61. The Balaban J connectivity index is 2.07. The fourth-order valence-electron chi connectivity index (χ4n) is 3.06. The molecule has 0 radical (unpaired) electrons. The van der Waals surface area contributed by atoms with Crippen LogP contribution in [-0.2, 0) is 7.05 Å². The van der Waals surface area contributed by atoms with Gasteiger partial charge in [-0.2, -0.15) is 0 Å². The second-order valence-corrected chi connectivity index (χ2v) is 6.95. The van der Waals surface area contributed by atoms with E-state index in [1.54, 1.807) is 4.57 Å². The molecule has 25 heavy (non-hydrogen) atoms. The van der Waals surface area contributed by atoms with Gasteiger partial charge in [-0.05, 0) is 23.8 Å². The highest BCUT2D eigenvalue weighted by Gasteiger charge is 2.17. The first-order chi connectivity index (χ1) is 12.3. The Morgan fingerprint density at radius 3 is 2.08 bits per heavy atom. The van der Waals surface area contributed by atoms with Crippen molar-refractivity contribution in [3.8, 4) is 11.1 Å². The number of nitrogens with zero attached hydrogens (tertiary/aromatic N) is 1. The highest BCUT2D eigenvalue weighted by molar-refractivity contribution is 7.99. The van der Waals surface area contributed by atoms with E-state index in [-0.39, 0.29) is 5.56 Å². The minimum atomic E-state index is 0.0337. The molecule has 0 bridgehead atoms. The van der Waals surface area contributed by atoms with E-state index in [9.17, 15) is 4.79 Å². The molecule has 4 aromatic rings. The first kappa shape index (κ1) is 15.7. The molecule has 0 saturated carbocycles. The van der Waals surface area contributed by atoms with E-state index in [0.717, 1.165) is 31.8 Å². The average Bonchev–Trinajstić information content (AvgIpc) is 2.68. The van der Waals surface area contributed by atoms with Crippen LogP contribution in [0.3, 0.4) is 0 Å². The molecule has 0 spiro atoms. The van der Waals surface area contributed by atoms with Gasteiger partial charge in [0.1, 0.15) is 0 Å². The third-order valence-electron chi connectivity index (χ3n) is 4.29. The number of benzene rings is 3. The molecule has 0 fully saturated rings. The van der Waals surface area contributed by atoms with Crippen LogP contribution in [0.1, 0.15) is 0 Å². The highest BCUT2D eigenvalue weighted by Crippen LogP contribution is 2.37. The third kappa shape index (κ3) is 2.87. The Morgan fingerprint density at radius 1 is 0.760 bits per heavy atom. The van der Waals surface area contributed by atoms with Crippen LogP contribution in [0.5, 0.6) is 0 Å². The molecule has 0 saturated heterocycles. The molecule has 0 N–H and O–H groups in total. The van der Waals surface area contributed by atoms with Crippen molar-refractivity contribution in [1.29, 1.82) is 0 Å². The molecule has 4 rings (SSSR count). The molecule has 3 heteroatoms. The Morgan fingerprint density at radius 2 is 1.36 bits per heavy atom. The molecule has 0 atom stereocenters. The summed E-state index contributed by atoms with van der Waals surface area (Å²) in [7, 11) is 1.84. The van der Waals surface area contributed by atoms with Gasteiger partial charge >= 0.3 is 0 Å². The zero-order valence-corrected chi connectivity index (χ0v) is 14.7. The summed E-state index contributed by atoms with van der Waals surface area (Å²) in [6, 6.07) is 28.3. The maximum atomic E-state index is 13.1. The van der Waals surface area contributed by atoms with Crippen molar-refractivity contribution in [1.82, 2.24) is 4.57 Å². The summed E-state index contributed by atoms with van der Waals surface area (Å²) < 4.78 is 1.74. The molecule has 0 aliphatic rings. The predicted octanol–water partition coefficient (Wildman–Crippen LogP) is 5.36. The Kier molecular flexibility index (Phi) is 4.16. The summed E-state index contributed by atoms with van der Waals surface area (Å²) in [5.41, 5.74) is 3.05. The summed E-state index contributed by atoms with van der Waals surface area (Å²) in [4.78, 5) is 14.9. The fourth-order valence-corrected chi connectivity index (χ4v) is 4.14. The van der Waals surface area contributed by atoms with Gasteiger partial charge in [0.15, 0.2) is 0 Å². The van der Waals surface area contributed by atoms with Crippen molar-refractivity contribution in [2.75, 3.05) is 0 Å². The summed E-state index contributed by atoms with van der Waals surface area (Å²) in [5, 5.41) is 1.09. The van der Waals surface area contributed by atoms with E-state index in [0.29, 0.717) is 0 Å². The van der Waals surface area contributed by atoms with Gasteiger partial charge < -0.3 is 4.57 Å². The lowest BCUT2D eigenvalue weighted by molar-refractivity contribution is 0.878. The molecule has 0 unspecified atom stereocenters. The largest absolute Gasteiger partial charge is 0.310 e. The molecular weight excluding hydrogens is 326 g/mol. The predicted molar refractivity (Wildman–Crippen MR) is 105 cm³/mol. The van der Waals surface area contributed by atoms with Crippen LogP contribution in [0, 0.1) is 0 Å². The number of hydrogen-bond donors (Lipinski definition) is 0. The zero-order chi connectivity index (χ0) is 17.2. The van der Waals surface area contributed by atoms with Crippen molar-refractivity contribution in [2.45, 2.75) is 9.79 Å². The number of fused-ring (bicyclic) bond motifs is 1. The first-order valence-electron chi connectivity index (χ1n) is 8.16. The van der Waals surface area contributed by atoms with Crippen LogP contribution in [0.4, 0.5) is 0 Å². The summed E-state index contributed by atoms with van der Waals surface area (Å²) in [6.07, 6.45) is 0. The van der Waals surface area contributed by atoms with E-state index in [1.807, 2.05) is 73.8 Å². The van der Waals surface area contributed by atoms with Gasteiger partial charge in [-0.3, -0.25) is 4.79 Å². The fraction of sp³-hybridized carbons (Fsp3) is 0.0455. The minimum absolute atomic E-state index is 0.0337. The minimum Gasteiger partial charge on any atom is -0.310 e. The molecule has 0 aliphatic carbocycles. The number of aromatic nitrogens is 1. The lowest BCUT2D eigenvalue weighted by atomic mass is 10.0. The van der Waals surface area contributed by atoms with Gasteiger partial charge in [-0.15, -0.1) is 0 Å². The quantitative estimate of drug-likeness (QED) is 0.500. The monoisotopic (exact) mass is 343 g/mol. The SMILES string of the molecule is Cn1c(=O)c(Sc2ccccc2)c(-c2ccccc2)c2ccccc21. The molecule has 0 aliphatic heterocycles. The van der Waals surface area contributed by atoms with Crippen molar-refractivity contribution in [2.24, 2.45) is 7.05 Å². The van der Waals surface area contributed by atoms with E-state index in [4.69, 9.17) is 0 Å². The third-order valence-corrected chi connectivity index (χ3v) is 5.38. The highest BCUT2D eigenvalue weighted by atomic mass is 32.2. The number of pyridine rings is 1. The van der Waals surface area contributed by atoms with Gasteiger partial charge in [0.2, 0.25) is 0 Å². The number of hydrogen-bond acceptors (Lipinski definition) is 2. The van der Waals surface area contributed by atoms with E-state index >= 15 is 0 Å². The molecule has 3 aromatic carbocycles. The maximum absolute atomic E-state index is 13.1. The van der Waals surface area contributed by atoms with Crippen molar-refractivity contribution in [3.05, 3.63) is 95.3 Å². The number of aryl methyl sites for hydroxylation is 1. The number of rotatable bonds is 3. The van der Waals surface area contributed by atoms with Crippen LogP contribution >= 0.6 is 11.8 Å². The molecule has 1 aromatic heterocycles. The van der Waals surface area contributed by atoms with E-state index < -0.39 is 0 Å².